The van der Waals surface area contributed by atoms with Gasteiger partial charge < -0.3 is 31.5 Å². The Morgan fingerprint density at radius 1 is 1.24 bits per heavy atom. The van der Waals surface area contributed by atoms with Crippen LogP contribution in [0.4, 0.5) is 5.82 Å². The molecule has 1 fully saturated rings. The number of nitrogens with zero attached hydrogens (tertiary/aromatic N) is 6. The van der Waals surface area contributed by atoms with E-state index in [4.69, 9.17) is 26.6 Å². The number of benzene rings is 1. The molecule has 1 aliphatic rings. The highest BCUT2D eigenvalue weighted by Crippen LogP contribution is 2.32. The van der Waals surface area contributed by atoms with Crippen molar-refractivity contribution in [1.82, 2.24) is 24.4 Å². The van der Waals surface area contributed by atoms with Gasteiger partial charge in [-0.15, -0.1) is 0 Å². The Bertz CT molecular complexity index is 1380. The Balaban J connectivity index is 1.50. The van der Waals surface area contributed by atoms with Gasteiger partial charge in [-0.05, 0) is 24.6 Å². The number of aliphatic hydroxyl groups excluding tert-OH is 2. The zero-order valence-corrected chi connectivity index (χ0v) is 19.7. The van der Waals surface area contributed by atoms with E-state index in [0.29, 0.717) is 22.3 Å². The molecule has 7 N–H and O–H groups in total. The van der Waals surface area contributed by atoms with Crippen molar-refractivity contribution >= 4 is 23.0 Å². The monoisotopic (exact) mass is 506 g/mol. The molecular weight excluding hydrogens is 480 g/mol. The number of carbonyl (C=O) groups is 1. The molecule has 2 aromatic heterocycles. The Kier molecular flexibility index (Phi) is 7.93. The molecular formula is C24H26N8O5. The van der Waals surface area contributed by atoms with E-state index >= 15 is 0 Å². The molecule has 0 radical (unpaired) electrons. The van der Waals surface area contributed by atoms with Crippen molar-refractivity contribution < 1.29 is 24.9 Å². The number of hydrogen-bond donors (Lipinski definition) is 5. The quantitative estimate of drug-likeness (QED) is 0.234. The molecule has 5 atom stereocenters. The van der Waals surface area contributed by atoms with E-state index in [1.165, 1.54) is 17.2 Å². The second-order valence-corrected chi connectivity index (χ2v) is 8.59. The SMILES string of the molecule is N#Cc1cccc(C#CCN(CC[C@H](N)C(=O)O)C[C@H]2O[C@@H](n3cnc4c(N)ncnc43)[C@H](O)[C@@H]2O)c1. The highest BCUT2D eigenvalue weighted by Gasteiger charge is 2.44. The highest BCUT2D eigenvalue weighted by molar-refractivity contribution is 5.81. The number of nitrogen functional groups attached to an aromatic ring is 1. The summed E-state index contributed by atoms with van der Waals surface area (Å²) in [7, 11) is 0. The second-order valence-electron chi connectivity index (χ2n) is 8.59. The van der Waals surface area contributed by atoms with Crippen LogP contribution in [0.15, 0.2) is 36.9 Å². The molecule has 192 valence electrons. The Hall–Kier alpha value is -4.11. The lowest BCUT2D eigenvalue weighted by Gasteiger charge is -2.25. The van der Waals surface area contributed by atoms with Crippen molar-refractivity contribution in [1.29, 1.82) is 5.26 Å². The number of fused-ring (bicyclic) bond motifs is 1. The number of hydrogen-bond acceptors (Lipinski definition) is 11. The maximum Gasteiger partial charge on any atom is 0.320 e. The molecule has 0 spiro atoms. The van der Waals surface area contributed by atoms with Crippen LogP contribution in [0.3, 0.4) is 0 Å². The normalized spacial score (nSPS) is 21.9. The van der Waals surface area contributed by atoms with Crippen molar-refractivity contribution in [2.24, 2.45) is 5.73 Å². The van der Waals surface area contributed by atoms with Crippen LogP contribution in [0, 0.1) is 23.2 Å². The van der Waals surface area contributed by atoms with Crippen LogP contribution >= 0.6 is 0 Å². The smallest absolute Gasteiger partial charge is 0.320 e. The number of aliphatic hydroxyl groups is 2. The van der Waals surface area contributed by atoms with Crippen molar-refractivity contribution in [2.75, 3.05) is 25.4 Å². The fraction of sp³-hybridized carbons (Fsp3) is 0.375. The van der Waals surface area contributed by atoms with Gasteiger partial charge in [0.05, 0.1) is 24.5 Å². The zero-order chi connectivity index (χ0) is 26.5. The molecule has 0 saturated carbocycles. The Morgan fingerprint density at radius 3 is 2.78 bits per heavy atom. The van der Waals surface area contributed by atoms with Crippen LogP contribution in [0.2, 0.25) is 0 Å². The topological polar surface area (TPSA) is 210 Å². The van der Waals surface area contributed by atoms with E-state index in [1.54, 1.807) is 29.2 Å². The summed E-state index contributed by atoms with van der Waals surface area (Å²) in [4.78, 5) is 25.2. The first-order valence-electron chi connectivity index (χ1n) is 11.4. The maximum absolute atomic E-state index is 11.2. The molecule has 37 heavy (non-hydrogen) atoms. The molecule has 0 unspecified atom stereocenters. The number of rotatable bonds is 8. The number of aliphatic carboxylic acids is 1. The van der Waals surface area contributed by atoms with E-state index in [-0.39, 0.29) is 31.9 Å². The lowest BCUT2D eigenvalue weighted by Crippen LogP contribution is -2.42. The zero-order valence-electron chi connectivity index (χ0n) is 19.7. The highest BCUT2D eigenvalue weighted by atomic mass is 16.6. The van der Waals surface area contributed by atoms with Gasteiger partial charge in [-0.3, -0.25) is 14.3 Å². The van der Waals surface area contributed by atoms with Crippen LogP contribution in [0.25, 0.3) is 11.2 Å². The molecule has 1 aliphatic heterocycles. The van der Waals surface area contributed by atoms with Gasteiger partial charge in [-0.2, -0.15) is 5.26 Å². The van der Waals surface area contributed by atoms with Crippen LogP contribution in [-0.2, 0) is 9.53 Å². The van der Waals surface area contributed by atoms with Gasteiger partial charge in [0.1, 0.15) is 36.2 Å². The number of carboxylic acid groups (broad SMARTS) is 1. The standard InChI is InChI=1S/C24H26N8O5/c25-10-15-4-1-3-14(9-15)5-2-7-31(8-6-16(26)24(35)36)11-17-19(33)20(34)23(37-17)32-13-30-18-21(27)28-12-29-22(18)32/h1,3-4,9,12-13,16-17,19-20,23,33-34H,6-8,11,26H2,(H,35,36)(H2,27,28,29)/t16-,17+,19+,20+,23+/m0/s1. The van der Waals surface area contributed by atoms with Crippen LogP contribution in [0.5, 0.6) is 0 Å². The van der Waals surface area contributed by atoms with Crippen LogP contribution in [0.1, 0.15) is 23.8 Å². The lowest BCUT2D eigenvalue weighted by atomic mass is 10.1. The Labute approximate surface area is 211 Å². The van der Waals surface area contributed by atoms with E-state index in [0.717, 1.165) is 0 Å². The number of nitriles is 1. The summed E-state index contributed by atoms with van der Waals surface area (Å²) in [6, 6.07) is 7.83. The third kappa shape index (κ3) is 5.83. The molecule has 4 rings (SSSR count). The first-order valence-corrected chi connectivity index (χ1v) is 11.4. The summed E-state index contributed by atoms with van der Waals surface area (Å²) in [5.41, 5.74) is 13.3. The summed E-state index contributed by atoms with van der Waals surface area (Å²) in [5, 5.41) is 39.7. The number of imidazole rings is 1. The van der Waals surface area contributed by atoms with Crippen LogP contribution < -0.4 is 11.5 Å². The summed E-state index contributed by atoms with van der Waals surface area (Å²) in [6.07, 6.45) is -1.55. The third-order valence-corrected chi connectivity index (χ3v) is 6.04. The summed E-state index contributed by atoms with van der Waals surface area (Å²) >= 11 is 0. The minimum absolute atomic E-state index is 0.137. The largest absolute Gasteiger partial charge is 0.480 e. The first-order chi connectivity index (χ1) is 17.8. The van der Waals surface area contributed by atoms with Crippen molar-refractivity contribution in [3.05, 3.63) is 48.0 Å². The predicted octanol–water partition coefficient (Wildman–Crippen LogP) is -0.945. The maximum atomic E-state index is 11.2. The van der Waals surface area contributed by atoms with Crippen molar-refractivity contribution in [3.8, 4) is 17.9 Å². The third-order valence-electron chi connectivity index (χ3n) is 6.04. The van der Waals surface area contributed by atoms with Gasteiger partial charge in [-0.25, -0.2) is 15.0 Å². The van der Waals surface area contributed by atoms with Gasteiger partial charge in [0.25, 0.3) is 0 Å². The van der Waals surface area contributed by atoms with E-state index in [9.17, 15) is 15.0 Å². The van der Waals surface area contributed by atoms with Crippen molar-refractivity contribution in [2.45, 2.75) is 37.0 Å². The van der Waals surface area contributed by atoms with E-state index < -0.39 is 36.6 Å². The minimum Gasteiger partial charge on any atom is -0.480 e. The predicted molar refractivity (Wildman–Crippen MR) is 130 cm³/mol. The van der Waals surface area contributed by atoms with Gasteiger partial charge in [0.2, 0.25) is 0 Å². The van der Waals surface area contributed by atoms with Gasteiger partial charge >= 0.3 is 5.97 Å². The molecule has 13 heteroatoms. The van der Waals surface area contributed by atoms with Crippen molar-refractivity contribution in [3.63, 3.8) is 0 Å². The summed E-state index contributed by atoms with van der Waals surface area (Å²) < 4.78 is 7.49. The average molecular weight is 507 g/mol. The van der Waals surface area contributed by atoms with Gasteiger partial charge in [0.15, 0.2) is 17.7 Å². The van der Waals surface area contributed by atoms with Gasteiger partial charge in [0, 0.05) is 18.7 Å². The number of carboxylic acids is 1. The Morgan fingerprint density at radius 2 is 2.03 bits per heavy atom. The molecule has 0 bridgehead atoms. The second kappa shape index (κ2) is 11.3. The molecule has 13 nitrogen and oxygen atoms in total. The molecule has 3 aromatic rings. The molecule has 3 heterocycles. The van der Waals surface area contributed by atoms with Gasteiger partial charge in [-0.1, -0.05) is 17.9 Å². The molecule has 0 aliphatic carbocycles. The number of aromatic nitrogens is 4. The first kappa shape index (κ1) is 26.0. The minimum atomic E-state index is -1.29. The van der Waals surface area contributed by atoms with Crippen LogP contribution in [-0.4, -0.2) is 89.7 Å². The lowest BCUT2D eigenvalue weighted by molar-refractivity contribution is -0.138. The fourth-order valence-electron chi connectivity index (χ4n) is 4.02. The molecule has 1 aromatic carbocycles. The average Bonchev–Trinajstić information content (AvgIpc) is 3.44. The number of nitrogens with two attached hydrogens (primary N) is 2. The van der Waals surface area contributed by atoms with E-state index in [1.807, 2.05) is 0 Å². The summed E-state index contributed by atoms with van der Waals surface area (Å²) in [5.74, 6) is 5.04. The summed E-state index contributed by atoms with van der Waals surface area (Å²) in [6.45, 7) is 0.595. The molecule has 0 amide bonds. The number of anilines is 1. The molecule has 1 saturated heterocycles. The fourth-order valence-corrected chi connectivity index (χ4v) is 4.02. The van der Waals surface area contributed by atoms with E-state index in [2.05, 4.69) is 32.9 Å². The number of ether oxygens (including phenoxy) is 1.